The molecule has 0 atom stereocenters. The Bertz CT molecular complexity index is 567. The highest BCUT2D eigenvalue weighted by atomic mass is 16.5. The van der Waals surface area contributed by atoms with Gasteiger partial charge in [0.05, 0.1) is 5.56 Å². The normalized spacial score (nSPS) is 10.2. The molecule has 4 heteroatoms. The summed E-state index contributed by atoms with van der Waals surface area (Å²) in [7, 11) is 0. The third-order valence-corrected chi connectivity index (χ3v) is 2.89. The van der Waals surface area contributed by atoms with Crippen LogP contribution in [0.15, 0.2) is 42.6 Å². The van der Waals surface area contributed by atoms with Crippen LogP contribution < -0.4 is 4.74 Å². The van der Waals surface area contributed by atoms with Crippen molar-refractivity contribution in [3.8, 4) is 5.88 Å². The SMILES string of the molecule is CCc1cccc(C(=O)O)c1COc1ccccn1. The van der Waals surface area contributed by atoms with Crippen molar-refractivity contribution >= 4 is 5.97 Å². The molecule has 0 saturated heterocycles. The number of ether oxygens (including phenoxy) is 1. The molecule has 0 saturated carbocycles. The Balaban J connectivity index is 2.25. The predicted molar refractivity (Wildman–Crippen MR) is 71.3 cm³/mol. The fourth-order valence-corrected chi connectivity index (χ4v) is 1.92. The molecule has 0 bridgehead atoms. The minimum absolute atomic E-state index is 0.211. The van der Waals surface area contributed by atoms with Gasteiger partial charge in [0.25, 0.3) is 0 Å². The van der Waals surface area contributed by atoms with Crippen molar-refractivity contribution in [2.45, 2.75) is 20.0 Å². The fraction of sp³-hybridized carbons (Fsp3) is 0.200. The largest absolute Gasteiger partial charge is 0.478 e. The summed E-state index contributed by atoms with van der Waals surface area (Å²) in [4.78, 5) is 15.3. The van der Waals surface area contributed by atoms with Gasteiger partial charge < -0.3 is 9.84 Å². The highest BCUT2D eigenvalue weighted by Gasteiger charge is 2.13. The van der Waals surface area contributed by atoms with Crippen LogP contribution in [0.1, 0.15) is 28.4 Å². The summed E-state index contributed by atoms with van der Waals surface area (Å²) in [5, 5.41) is 9.21. The van der Waals surface area contributed by atoms with Crippen LogP contribution >= 0.6 is 0 Å². The first-order valence-corrected chi connectivity index (χ1v) is 6.10. The monoisotopic (exact) mass is 257 g/mol. The lowest BCUT2D eigenvalue weighted by molar-refractivity contribution is 0.0693. The predicted octanol–water partition coefficient (Wildman–Crippen LogP) is 2.92. The second-order valence-electron chi connectivity index (χ2n) is 4.06. The van der Waals surface area contributed by atoms with Gasteiger partial charge in [-0.3, -0.25) is 0 Å². The Morgan fingerprint density at radius 2 is 2.11 bits per heavy atom. The molecular formula is C15H15NO3. The van der Waals surface area contributed by atoms with Crippen molar-refractivity contribution in [2.75, 3.05) is 0 Å². The Morgan fingerprint density at radius 1 is 1.26 bits per heavy atom. The molecule has 0 aliphatic rings. The van der Waals surface area contributed by atoms with Crippen molar-refractivity contribution in [1.29, 1.82) is 0 Å². The Hall–Kier alpha value is -2.36. The molecule has 0 unspecified atom stereocenters. The van der Waals surface area contributed by atoms with Crippen LogP contribution in [-0.2, 0) is 13.0 Å². The van der Waals surface area contributed by atoms with E-state index in [4.69, 9.17) is 4.74 Å². The van der Waals surface area contributed by atoms with Gasteiger partial charge in [-0.15, -0.1) is 0 Å². The molecule has 98 valence electrons. The van der Waals surface area contributed by atoms with Gasteiger partial charge in [0.2, 0.25) is 5.88 Å². The molecule has 4 nitrogen and oxygen atoms in total. The van der Waals surface area contributed by atoms with Crippen LogP contribution in [0.5, 0.6) is 5.88 Å². The van der Waals surface area contributed by atoms with Gasteiger partial charge in [-0.25, -0.2) is 9.78 Å². The topological polar surface area (TPSA) is 59.4 Å². The molecule has 0 aliphatic carbocycles. The number of carbonyl (C=O) groups is 1. The fourth-order valence-electron chi connectivity index (χ4n) is 1.92. The maximum atomic E-state index is 11.2. The maximum Gasteiger partial charge on any atom is 0.336 e. The number of pyridine rings is 1. The van der Waals surface area contributed by atoms with Crippen LogP contribution in [0.3, 0.4) is 0 Å². The second-order valence-corrected chi connectivity index (χ2v) is 4.06. The number of benzene rings is 1. The van der Waals surface area contributed by atoms with E-state index in [0.29, 0.717) is 11.4 Å². The van der Waals surface area contributed by atoms with E-state index < -0.39 is 5.97 Å². The van der Waals surface area contributed by atoms with E-state index in [9.17, 15) is 9.90 Å². The highest BCUT2D eigenvalue weighted by Crippen LogP contribution is 2.18. The summed E-state index contributed by atoms with van der Waals surface area (Å²) in [6.45, 7) is 2.20. The van der Waals surface area contributed by atoms with Gasteiger partial charge in [0, 0.05) is 17.8 Å². The van der Waals surface area contributed by atoms with Crippen LogP contribution in [0.25, 0.3) is 0 Å². The van der Waals surface area contributed by atoms with Crippen LogP contribution in [0, 0.1) is 0 Å². The number of carboxylic acids is 1. The van der Waals surface area contributed by atoms with Gasteiger partial charge in [0.15, 0.2) is 0 Å². The molecule has 1 aromatic heterocycles. The lowest BCUT2D eigenvalue weighted by Gasteiger charge is -2.12. The van der Waals surface area contributed by atoms with Crippen molar-refractivity contribution in [3.05, 3.63) is 59.3 Å². The van der Waals surface area contributed by atoms with E-state index in [0.717, 1.165) is 12.0 Å². The molecule has 1 N–H and O–H groups in total. The van der Waals surface area contributed by atoms with Gasteiger partial charge in [0.1, 0.15) is 6.61 Å². The number of aromatic nitrogens is 1. The summed E-state index contributed by atoms with van der Waals surface area (Å²) < 4.78 is 5.55. The molecular weight excluding hydrogens is 242 g/mol. The zero-order valence-corrected chi connectivity index (χ0v) is 10.7. The zero-order valence-electron chi connectivity index (χ0n) is 10.7. The van der Waals surface area contributed by atoms with E-state index in [-0.39, 0.29) is 12.2 Å². The first-order chi connectivity index (χ1) is 9.22. The summed E-state index contributed by atoms with van der Waals surface area (Å²) in [6.07, 6.45) is 2.40. The number of carboxylic acid groups (broad SMARTS) is 1. The number of aryl methyl sites for hydroxylation is 1. The van der Waals surface area contributed by atoms with E-state index in [1.807, 2.05) is 19.1 Å². The number of rotatable bonds is 5. The lowest BCUT2D eigenvalue weighted by Crippen LogP contribution is -2.09. The number of nitrogens with zero attached hydrogens (tertiary/aromatic N) is 1. The van der Waals surface area contributed by atoms with Crippen molar-refractivity contribution in [3.63, 3.8) is 0 Å². The van der Waals surface area contributed by atoms with Crippen molar-refractivity contribution in [2.24, 2.45) is 0 Å². The lowest BCUT2D eigenvalue weighted by atomic mass is 10.00. The molecule has 0 amide bonds. The molecule has 0 aliphatic heterocycles. The molecule has 0 spiro atoms. The van der Waals surface area contributed by atoms with Crippen molar-refractivity contribution < 1.29 is 14.6 Å². The first-order valence-electron chi connectivity index (χ1n) is 6.10. The maximum absolute atomic E-state index is 11.2. The molecule has 2 aromatic rings. The quantitative estimate of drug-likeness (QED) is 0.894. The Kier molecular flexibility index (Phi) is 4.13. The third-order valence-electron chi connectivity index (χ3n) is 2.89. The summed E-state index contributed by atoms with van der Waals surface area (Å²) >= 11 is 0. The number of hydrogen-bond donors (Lipinski definition) is 1. The molecule has 0 radical (unpaired) electrons. The van der Waals surface area contributed by atoms with E-state index >= 15 is 0 Å². The summed E-state index contributed by atoms with van der Waals surface area (Å²) in [5.41, 5.74) is 1.98. The smallest absolute Gasteiger partial charge is 0.336 e. The zero-order chi connectivity index (χ0) is 13.7. The number of aromatic carboxylic acids is 1. The molecule has 2 rings (SSSR count). The molecule has 19 heavy (non-hydrogen) atoms. The molecule has 0 fully saturated rings. The minimum Gasteiger partial charge on any atom is -0.478 e. The van der Waals surface area contributed by atoms with Gasteiger partial charge >= 0.3 is 5.97 Å². The van der Waals surface area contributed by atoms with Crippen molar-refractivity contribution in [1.82, 2.24) is 4.98 Å². The molecule has 1 heterocycles. The highest BCUT2D eigenvalue weighted by molar-refractivity contribution is 5.89. The average molecular weight is 257 g/mol. The Morgan fingerprint density at radius 3 is 2.74 bits per heavy atom. The van der Waals surface area contributed by atoms with Crippen LogP contribution in [0.2, 0.25) is 0 Å². The molecule has 1 aromatic carbocycles. The minimum atomic E-state index is -0.935. The first kappa shape index (κ1) is 13.1. The van der Waals surface area contributed by atoms with E-state index in [2.05, 4.69) is 4.98 Å². The van der Waals surface area contributed by atoms with Gasteiger partial charge in [-0.05, 0) is 24.1 Å². The second kappa shape index (κ2) is 6.00. The summed E-state index contributed by atoms with van der Waals surface area (Å²) in [5.74, 6) is -0.445. The van der Waals surface area contributed by atoms with E-state index in [1.165, 1.54) is 0 Å². The van der Waals surface area contributed by atoms with Crippen LogP contribution in [0.4, 0.5) is 0 Å². The summed E-state index contributed by atoms with van der Waals surface area (Å²) in [6, 6.07) is 10.6. The Labute approximate surface area is 111 Å². The number of hydrogen-bond acceptors (Lipinski definition) is 3. The van der Waals surface area contributed by atoms with E-state index in [1.54, 1.807) is 30.5 Å². The van der Waals surface area contributed by atoms with Gasteiger partial charge in [-0.2, -0.15) is 0 Å². The van der Waals surface area contributed by atoms with Crippen LogP contribution in [-0.4, -0.2) is 16.1 Å². The standard InChI is InChI=1S/C15H15NO3/c1-2-11-6-5-7-12(15(17)18)13(11)10-19-14-8-3-4-9-16-14/h3-9H,2,10H2,1H3,(H,17,18). The average Bonchev–Trinajstić information content (AvgIpc) is 2.45. The van der Waals surface area contributed by atoms with Gasteiger partial charge in [-0.1, -0.05) is 25.1 Å². The third kappa shape index (κ3) is 3.10.